The molecular formula is C18H20ClN3O5S. The molecule has 1 aromatic heterocycles. The van der Waals surface area contributed by atoms with Gasteiger partial charge < -0.3 is 9.47 Å². The number of hydrogen-bond acceptors (Lipinski definition) is 6. The average molecular weight is 426 g/mol. The van der Waals surface area contributed by atoms with Gasteiger partial charge in [0.05, 0.1) is 31.1 Å². The summed E-state index contributed by atoms with van der Waals surface area (Å²) in [5, 5.41) is 10.5. The van der Waals surface area contributed by atoms with Crippen molar-refractivity contribution in [3.63, 3.8) is 0 Å². The van der Waals surface area contributed by atoms with E-state index in [1.54, 1.807) is 43.4 Å². The van der Waals surface area contributed by atoms with Crippen molar-refractivity contribution in [3.05, 3.63) is 52.3 Å². The summed E-state index contributed by atoms with van der Waals surface area (Å²) in [6.45, 7) is 0. The van der Waals surface area contributed by atoms with Crippen molar-refractivity contribution in [1.82, 2.24) is 9.78 Å². The Morgan fingerprint density at radius 2 is 1.57 bits per heavy atom. The Labute approximate surface area is 168 Å². The number of nitrogens with zero attached hydrogens (tertiary/aromatic N) is 2. The third kappa shape index (κ3) is 4.27. The van der Waals surface area contributed by atoms with Crippen molar-refractivity contribution in [3.8, 4) is 22.8 Å². The van der Waals surface area contributed by atoms with Crippen LogP contribution in [0.4, 0.5) is 0 Å². The fourth-order valence-corrected chi connectivity index (χ4v) is 3.54. The van der Waals surface area contributed by atoms with Gasteiger partial charge in [0.2, 0.25) is 10.0 Å². The first-order valence-electron chi connectivity index (χ1n) is 7.96. The minimum Gasteiger partial charge on any atom is -0.493 e. The maximum atomic E-state index is 12.5. The first-order valence-corrected chi connectivity index (χ1v) is 9.68. The number of methoxy groups -OCH3 is 2. The number of nitrogens with two attached hydrogens (primary N) is 1. The molecule has 3 aromatic rings. The van der Waals surface area contributed by atoms with E-state index in [1.165, 1.54) is 18.9 Å². The number of fused-ring (bicyclic) bond motifs is 1. The lowest BCUT2D eigenvalue weighted by atomic mass is 10.0. The van der Waals surface area contributed by atoms with Gasteiger partial charge in [-0.2, -0.15) is 5.10 Å². The maximum absolute atomic E-state index is 12.5. The molecule has 1 heterocycles. The molecule has 0 amide bonds. The molecule has 0 aliphatic rings. The first-order chi connectivity index (χ1) is 12.7. The third-order valence-electron chi connectivity index (χ3n) is 4.15. The van der Waals surface area contributed by atoms with Crippen molar-refractivity contribution in [2.24, 2.45) is 12.2 Å². The third-order valence-corrected chi connectivity index (χ3v) is 4.88. The number of aryl methyl sites for hydroxylation is 1. The van der Waals surface area contributed by atoms with Crippen molar-refractivity contribution in [1.29, 1.82) is 0 Å². The highest BCUT2D eigenvalue weighted by Crippen LogP contribution is 2.34. The molecule has 2 aromatic carbocycles. The van der Waals surface area contributed by atoms with Gasteiger partial charge in [0.15, 0.2) is 11.5 Å². The number of benzene rings is 2. The van der Waals surface area contributed by atoms with Gasteiger partial charge in [0.25, 0.3) is 5.56 Å². The van der Waals surface area contributed by atoms with Crippen LogP contribution in [0.5, 0.6) is 11.5 Å². The fourth-order valence-electron chi connectivity index (χ4n) is 2.88. The monoisotopic (exact) mass is 425 g/mol. The molecule has 0 radical (unpaired) electrons. The first kappa shape index (κ1) is 21.7. The molecule has 28 heavy (non-hydrogen) atoms. The molecule has 0 bridgehead atoms. The molecule has 3 rings (SSSR count). The fraction of sp³-hybridized carbons (Fsp3) is 0.222. The second-order valence-electron chi connectivity index (χ2n) is 6.03. The Balaban J connectivity index is 0.00000280. The lowest BCUT2D eigenvalue weighted by Gasteiger charge is -2.13. The summed E-state index contributed by atoms with van der Waals surface area (Å²) in [7, 11) is 0.971. The molecule has 0 aliphatic heterocycles. The summed E-state index contributed by atoms with van der Waals surface area (Å²) in [4.78, 5) is 12.5. The van der Waals surface area contributed by atoms with E-state index in [0.29, 0.717) is 33.5 Å². The predicted molar refractivity (Wildman–Crippen MR) is 110 cm³/mol. The van der Waals surface area contributed by atoms with Gasteiger partial charge in [-0.15, -0.1) is 12.4 Å². The summed E-state index contributed by atoms with van der Waals surface area (Å²) < 4.78 is 34.4. The van der Waals surface area contributed by atoms with E-state index in [0.717, 1.165) is 5.56 Å². The molecule has 10 heteroatoms. The van der Waals surface area contributed by atoms with Crippen LogP contribution in [0.15, 0.2) is 41.2 Å². The van der Waals surface area contributed by atoms with Crippen LogP contribution in [0.25, 0.3) is 22.0 Å². The van der Waals surface area contributed by atoms with Crippen LogP contribution in [-0.4, -0.2) is 32.4 Å². The smallest absolute Gasteiger partial charge is 0.274 e. The van der Waals surface area contributed by atoms with Crippen LogP contribution in [0, 0.1) is 0 Å². The number of rotatable bonds is 5. The van der Waals surface area contributed by atoms with Gasteiger partial charge in [-0.1, -0.05) is 24.3 Å². The van der Waals surface area contributed by atoms with Gasteiger partial charge in [-0.3, -0.25) is 4.79 Å². The Hall–Kier alpha value is -2.62. The Morgan fingerprint density at radius 3 is 2.07 bits per heavy atom. The maximum Gasteiger partial charge on any atom is 0.274 e. The number of aromatic nitrogens is 2. The highest BCUT2D eigenvalue weighted by atomic mass is 35.5. The number of ether oxygens (including phenoxy) is 2. The molecule has 0 saturated heterocycles. The molecule has 8 nitrogen and oxygen atoms in total. The van der Waals surface area contributed by atoms with Crippen molar-refractivity contribution < 1.29 is 17.9 Å². The normalized spacial score (nSPS) is 11.1. The van der Waals surface area contributed by atoms with E-state index in [-0.39, 0.29) is 23.7 Å². The van der Waals surface area contributed by atoms with Crippen LogP contribution < -0.4 is 20.2 Å². The van der Waals surface area contributed by atoms with E-state index in [9.17, 15) is 13.2 Å². The van der Waals surface area contributed by atoms with Crippen LogP contribution in [0.2, 0.25) is 0 Å². The van der Waals surface area contributed by atoms with E-state index >= 15 is 0 Å². The molecule has 0 unspecified atom stereocenters. The van der Waals surface area contributed by atoms with Gasteiger partial charge in [-0.05, 0) is 17.7 Å². The quantitative estimate of drug-likeness (QED) is 0.667. The van der Waals surface area contributed by atoms with Crippen LogP contribution in [0.1, 0.15) is 5.56 Å². The zero-order valence-corrected chi connectivity index (χ0v) is 17.1. The summed E-state index contributed by atoms with van der Waals surface area (Å²) >= 11 is 0. The van der Waals surface area contributed by atoms with Crippen LogP contribution in [-0.2, 0) is 22.8 Å². The minimum atomic E-state index is -3.61. The predicted octanol–water partition coefficient (Wildman–Crippen LogP) is 1.83. The second kappa shape index (κ2) is 8.17. The largest absolute Gasteiger partial charge is 0.493 e. The zero-order chi connectivity index (χ0) is 19.8. The topological polar surface area (TPSA) is 114 Å². The number of primary sulfonamides is 1. The Morgan fingerprint density at radius 1 is 1.04 bits per heavy atom. The lowest BCUT2D eigenvalue weighted by Crippen LogP contribution is -2.20. The zero-order valence-electron chi connectivity index (χ0n) is 15.5. The summed E-state index contributed by atoms with van der Waals surface area (Å²) in [6.07, 6.45) is 0. The summed E-state index contributed by atoms with van der Waals surface area (Å²) in [5.74, 6) is 0.676. The number of sulfonamides is 1. The average Bonchev–Trinajstić information content (AvgIpc) is 2.63. The molecule has 0 aliphatic carbocycles. The Bertz CT molecular complexity index is 1170. The summed E-state index contributed by atoms with van der Waals surface area (Å²) in [6, 6.07) is 10.1. The molecular weight excluding hydrogens is 406 g/mol. The number of halogens is 1. The van der Waals surface area contributed by atoms with Gasteiger partial charge in [0.1, 0.15) is 0 Å². The summed E-state index contributed by atoms with van der Waals surface area (Å²) in [5.41, 5.74) is 1.59. The second-order valence-corrected chi connectivity index (χ2v) is 7.65. The lowest BCUT2D eigenvalue weighted by molar-refractivity contribution is 0.356. The van der Waals surface area contributed by atoms with E-state index < -0.39 is 10.0 Å². The van der Waals surface area contributed by atoms with E-state index in [1.807, 2.05) is 0 Å². The van der Waals surface area contributed by atoms with Crippen molar-refractivity contribution >= 4 is 33.2 Å². The van der Waals surface area contributed by atoms with Crippen LogP contribution >= 0.6 is 12.4 Å². The van der Waals surface area contributed by atoms with Crippen molar-refractivity contribution in [2.45, 2.75) is 5.75 Å². The standard InChI is InChI=1S/C18H19N3O5S.ClH/c1-21-18(22)14-9-16(26-3)15(25-2)8-13(14)17(20-21)12-6-4-11(5-7-12)10-27(19,23)24;/h4-9H,10H2,1-3H3,(H2,19,23,24);1H. The van der Waals surface area contributed by atoms with E-state index in [2.05, 4.69) is 5.10 Å². The molecule has 0 atom stereocenters. The number of hydrogen-bond donors (Lipinski definition) is 1. The molecule has 150 valence electrons. The van der Waals surface area contributed by atoms with E-state index in [4.69, 9.17) is 14.6 Å². The van der Waals surface area contributed by atoms with Gasteiger partial charge in [0, 0.05) is 18.0 Å². The Kier molecular flexibility index (Phi) is 6.33. The minimum absolute atomic E-state index is 0. The SMILES string of the molecule is COc1cc2c(-c3ccc(CS(N)(=O)=O)cc3)nn(C)c(=O)c2cc1OC.Cl. The van der Waals surface area contributed by atoms with Gasteiger partial charge in [-0.25, -0.2) is 18.2 Å². The van der Waals surface area contributed by atoms with Crippen LogP contribution in [0.3, 0.4) is 0 Å². The van der Waals surface area contributed by atoms with Crippen molar-refractivity contribution in [2.75, 3.05) is 14.2 Å². The molecule has 0 saturated carbocycles. The highest BCUT2D eigenvalue weighted by molar-refractivity contribution is 7.88. The highest BCUT2D eigenvalue weighted by Gasteiger charge is 2.16. The molecule has 0 fully saturated rings. The molecule has 2 N–H and O–H groups in total. The molecule has 0 spiro atoms. The van der Waals surface area contributed by atoms with Gasteiger partial charge >= 0.3 is 0 Å².